The van der Waals surface area contributed by atoms with Crippen LogP contribution >= 0.6 is 0 Å². The molecule has 1 unspecified atom stereocenters. The van der Waals surface area contributed by atoms with Crippen LogP contribution in [0.4, 0.5) is 11.4 Å². The first-order chi connectivity index (χ1) is 13.2. The molecule has 1 fully saturated rings. The van der Waals surface area contributed by atoms with Crippen LogP contribution in [0.5, 0.6) is 0 Å². The van der Waals surface area contributed by atoms with Gasteiger partial charge in [0.05, 0.1) is 13.2 Å². The molecule has 2 aromatic rings. The van der Waals surface area contributed by atoms with Gasteiger partial charge in [-0.05, 0) is 36.1 Å². The second-order valence-corrected chi connectivity index (χ2v) is 7.28. The number of ether oxygens (including phenoxy) is 1. The van der Waals surface area contributed by atoms with Crippen molar-refractivity contribution in [1.29, 1.82) is 0 Å². The highest BCUT2D eigenvalue weighted by Gasteiger charge is 2.27. The number of aryl methyl sites for hydroxylation is 1. The van der Waals surface area contributed by atoms with E-state index in [2.05, 4.69) is 64.9 Å². The number of amides is 1. The van der Waals surface area contributed by atoms with Crippen molar-refractivity contribution < 1.29 is 9.53 Å². The first kappa shape index (κ1) is 17.9. The number of rotatable bonds is 5. The predicted molar refractivity (Wildman–Crippen MR) is 108 cm³/mol. The molecule has 2 aliphatic rings. The third kappa shape index (κ3) is 3.93. The number of anilines is 2. The Labute approximate surface area is 160 Å². The zero-order chi connectivity index (χ0) is 18.6. The highest BCUT2D eigenvalue weighted by atomic mass is 16.5. The number of nitrogens with zero attached hydrogens (tertiary/aromatic N) is 1. The number of benzene rings is 2. The lowest BCUT2D eigenvalue weighted by Crippen LogP contribution is -2.40. The molecule has 0 aromatic heterocycles. The maximum absolute atomic E-state index is 12.6. The van der Waals surface area contributed by atoms with Gasteiger partial charge in [-0.2, -0.15) is 0 Å². The molecule has 1 saturated heterocycles. The first-order valence-corrected chi connectivity index (χ1v) is 9.76. The molecule has 142 valence electrons. The van der Waals surface area contributed by atoms with E-state index in [4.69, 9.17) is 4.74 Å². The molecule has 2 N–H and O–H groups in total. The van der Waals surface area contributed by atoms with E-state index in [0.717, 1.165) is 44.8 Å². The molecule has 1 amide bonds. The van der Waals surface area contributed by atoms with Crippen LogP contribution < -0.4 is 15.5 Å². The molecule has 0 saturated carbocycles. The number of hydrogen-bond acceptors (Lipinski definition) is 4. The van der Waals surface area contributed by atoms with Crippen molar-refractivity contribution in [3.63, 3.8) is 0 Å². The number of para-hydroxylation sites is 2. The van der Waals surface area contributed by atoms with Crippen molar-refractivity contribution in [3.8, 4) is 0 Å². The SMILES string of the molecule is Cc1cccc2c1NC(C(=O)NCCc1ccccc1N1CCOCC1)C2. The second kappa shape index (κ2) is 8.01. The molecule has 2 heterocycles. The van der Waals surface area contributed by atoms with Gasteiger partial charge in [0.1, 0.15) is 6.04 Å². The van der Waals surface area contributed by atoms with Crippen molar-refractivity contribution in [2.75, 3.05) is 43.1 Å². The van der Waals surface area contributed by atoms with Gasteiger partial charge in [0, 0.05) is 37.4 Å². The van der Waals surface area contributed by atoms with Crippen LogP contribution in [0.25, 0.3) is 0 Å². The fourth-order valence-electron chi connectivity index (χ4n) is 3.99. The molecule has 27 heavy (non-hydrogen) atoms. The van der Waals surface area contributed by atoms with Crippen LogP contribution in [0.1, 0.15) is 16.7 Å². The number of carbonyl (C=O) groups is 1. The van der Waals surface area contributed by atoms with Crippen LogP contribution in [0.3, 0.4) is 0 Å². The lowest BCUT2D eigenvalue weighted by Gasteiger charge is -2.30. The van der Waals surface area contributed by atoms with Gasteiger partial charge in [-0.15, -0.1) is 0 Å². The van der Waals surface area contributed by atoms with Gasteiger partial charge in [0.2, 0.25) is 5.91 Å². The maximum Gasteiger partial charge on any atom is 0.242 e. The van der Waals surface area contributed by atoms with Gasteiger partial charge in [0.15, 0.2) is 0 Å². The summed E-state index contributed by atoms with van der Waals surface area (Å²) in [6, 6.07) is 14.5. The predicted octanol–water partition coefficient (Wildman–Crippen LogP) is 2.53. The molecular formula is C22H27N3O2. The Morgan fingerprint density at radius 3 is 2.81 bits per heavy atom. The van der Waals surface area contributed by atoms with Crippen molar-refractivity contribution in [1.82, 2.24) is 5.32 Å². The monoisotopic (exact) mass is 365 g/mol. The van der Waals surface area contributed by atoms with E-state index < -0.39 is 0 Å². The van der Waals surface area contributed by atoms with Crippen LogP contribution in [0.15, 0.2) is 42.5 Å². The van der Waals surface area contributed by atoms with E-state index in [1.54, 1.807) is 0 Å². The van der Waals surface area contributed by atoms with Gasteiger partial charge in [-0.1, -0.05) is 36.4 Å². The topological polar surface area (TPSA) is 53.6 Å². The fraction of sp³-hybridized carbons (Fsp3) is 0.409. The highest BCUT2D eigenvalue weighted by Crippen LogP contribution is 2.29. The third-order valence-electron chi connectivity index (χ3n) is 5.46. The molecule has 0 aliphatic carbocycles. The number of hydrogen-bond donors (Lipinski definition) is 2. The van der Waals surface area contributed by atoms with Crippen molar-refractivity contribution >= 4 is 17.3 Å². The van der Waals surface area contributed by atoms with Gasteiger partial charge < -0.3 is 20.3 Å². The summed E-state index contributed by atoms with van der Waals surface area (Å²) in [5.74, 6) is 0.0782. The zero-order valence-electron chi connectivity index (χ0n) is 15.8. The molecular weight excluding hydrogens is 338 g/mol. The summed E-state index contributed by atoms with van der Waals surface area (Å²) >= 11 is 0. The third-order valence-corrected chi connectivity index (χ3v) is 5.46. The average Bonchev–Trinajstić information content (AvgIpc) is 3.15. The molecule has 0 spiro atoms. The van der Waals surface area contributed by atoms with Gasteiger partial charge >= 0.3 is 0 Å². The number of carbonyl (C=O) groups excluding carboxylic acids is 1. The smallest absolute Gasteiger partial charge is 0.242 e. The highest BCUT2D eigenvalue weighted by molar-refractivity contribution is 5.87. The minimum absolute atomic E-state index is 0.0782. The van der Waals surface area contributed by atoms with Gasteiger partial charge in [-0.3, -0.25) is 4.79 Å². The lowest BCUT2D eigenvalue weighted by atomic mass is 10.1. The lowest BCUT2D eigenvalue weighted by molar-refractivity contribution is -0.121. The summed E-state index contributed by atoms with van der Waals surface area (Å²) in [7, 11) is 0. The Kier molecular flexibility index (Phi) is 5.30. The average molecular weight is 365 g/mol. The largest absolute Gasteiger partial charge is 0.378 e. The van der Waals surface area contributed by atoms with E-state index in [1.807, 2.05) is 0 Å². The van der Waals surface area contributed by atoms with Crippen LogP contribution in [-0.2, 0) is 22.4 Å². The number of fused-ring (bicyclic) bond motifs is 1. The van der Waals surface area contributed by atoms with Gasteiger partial charge in [-0.25, -0.2) is 0 Å². The van der Waals surface area contributed by atoms with Gasteiger partial charge in [0.25, 0.3) is 0 Å². The normalized spacial score (nSPS) is 18.7. The molecule has 0 radical (unpaired) electrons. The van der Waals surface area contributed by atoms with Crippen LogP contribution in [0.2, 0.25) is 0 Å². The summed E-state index contributed by atoms with van der Waals surface area (Å²) in [6.45, 7) is 6.12. The molecule has 1 atom stereocenters. The fourth-order valence-corrected chi connectivity index (χ4v) is 3.99. The van der Waals surface area contributed by atoms with Crippen LogP contribution in [-0.4, -0.2) is 44.8 Å². The summed E-state index contributed by atoms with van der Waals surface area (Å²) < 4.78 is 5.46. The maximum atomic E-state index is 12.6. The van der Waals surface area contributed by atoms with Crippen molar-refractivity contribution in [2.24, 2.45) is 0 Å². The summed E-state index contributed by atoms with van der Waals surface area (Å²) in [6.07, 6.45) is 1.59. The van der Waals surface area contributed by atoms with E-state index in [1.165, 1.54) is 22.4 Å². The standard InChI is InChI=1S/C22H27N3O2/c1-16-5-4-7-18-15-19(24-21(16)18)22(26)23-10-9-17-6-2-3-8-20(17)25-11-13-27-14-12-25/h2-8,19,24H,9-15H2,1H3,(H,23,26). The molecule has 5 heteroatoms. The Morgan fingerprint density at radius 2 is 2.00 bits per heavy atom. The minimum atomic E-state index is -0.171. The van der Waals surface area contributed by atoms with E-state index in [-0.39, 0.29) is 11.9 Å². The second-order valence-electron chi connectivity index (χ2n) is 7.28. The van der Waals surface area contributed by atoms with E-state index in [0.29, 0.717) is 6.54 Å². The Hall–Kier alpha value is -2.53. The number of morpholine rings is 1. The van der Waals surface area contributed by atoms with E-state index >= 15 is 0 Å². The van der Waals surface area contributed by atoms with E-state index in [9.17, 15) is 4.79 Å². The summed E-state index contributed by atoms with van der Waals surface area (Å²) in [4.78, 5) is 15.0. The quantitative estimate of drug-likeness (QED) is 0.855. The van der Waals surface area contributed by atoms with Crippen molar-refractivity contribution in [3.05, 3.63) is 59.2 Å². The number of nitrogens with one attached hydrogen (secondary N) is 2. The summed E-state index contributed by atoms with van der Waals surface area (Å²) in [5.41, 5.74) is 6.08. The molecule has 5 nitrogen and oxygen atoms in total. The van der Waals surface area contributed by atoms with Crippen LogP contribution in [0, 0.1) is 6.92 Å². The summed E-state index contributed by atoms with van der Waals surface area (Å²) in [5, 5.41) is 6.49. The molecule has 0 bridgehead atoms. The molecule has 4 rings (SSSR count). The molecule has 2 aliphatic heterocycles. The Morgan fingerprint density at radius 1 is 1.19 bits per heavy atom. The minimum Gasteiger partial charge on any atom is -0.378 e. The first-order valence-electron chi connectivity index (χ1n) is 9.76. The van der Waals surface area contributed by atoms with Crippen molar-refractivity contribution in [2.45, 2.75) is 25.8 Å². The Balaban J connectivity index is 1.33. The Bertz CT molecular complexity index is 815. The zero-order valence-corrected chi connectivity index (χ0v) is 15.8. The molecule has 2 aromatic carbocycles.